The third kappa shape index (κ3) is 3.99. The van der Waals surface area contributed by atoms with Crippen molar-refractivity contribution in [3.8, 4) is 17.2 Å². The fourth-order valence-corrected chi connectivity index (χ4v) is 3.80. The van der Waals surface area contributed by atoms with Gasteiger partial charge in [-0.2, -0.15) is 4.98 Å². The summed E-state index contributed by atoms with van der Waals surface area (Å²) in [5.41, 5.74) is 4.32. The quantitative estimate of drug-likeness (QED) is 0.405. The first-order valence-corrected chi connectivity index (χ1v) is 10.2. The Morgan fingerprint density at radius 3 is 2.71 bits per heavy atom. The van der Waals surface area contributed by atoms with Crippen LogP contribution in [0.15, 0.2) is 58.0 Å². The van der Waals surface area contributed by atoms with Gasteiger partial charge in [-0.1, -0.05) is 17.7 Å². The maximum atomic E-state index is 13.2. The molecule has 0 unspecified atom stereocenters. The van der Waals surface area contributed by atoms with Gasteiger partial charge >= 0.3 is 0 Å². The fraction of sp³-hybridized carbons (Fsp3) is 0.208. The van der Waals surface area contributed by atoms with Crippen molar-refractivity contribution in [3.63, 3.8) is 0 Å². The molecule has 0 spiro atoms. The average molecular weight is 436 g/mol. The van der Waals surface area contributed by atoms with E-state index in [1.54, 1.807) is 32.5 Å². The molecule has 0 amide bonds. The van der Waals surface area contributed by atoms with Crippen LogP contribution < -0.4 is 15.5 Å². The monoisotopic (exact) mass is 435 g/mol. The number of fused-ring (bicyclic) bond motifs is 1. The van der Waals surface area contributed by atoms with Gasteiger partial charge in [-0.3, -0.25) is 9.78 Å². The molecule has 0 aliphatic carbocycles. The van der Waals surface area contributed by atoms with Crippen LogP contribution in [0.2, 0.25) is 5.15 Å². The number of aryl methyl sites for hydroxylation is 1. The lowest BCUT2D eigenvalue weighted by molar-refractivity contribution is 0.399. The topological polar surface area (TPSA) is 77.2 Å². The van der Waals surface area contributed by atoms with Crippen LogP contribution in [0.3, 0.4) is 0 Å². The highest BCUT2D eigenvalue weighted by Crippen LogP contribution is 2.33. The van der Waals surface area contributed by atoms with Crippen molar-refractivity contribution in [2.24, 2.45) is 0 Å². The van der Waals surface area contributed by atoms with E-state index in [0.29, 0.717) is 39.0 Å². The van der Waals surface area contributed by atoms with Gasteiger partial charge in [0.1, 0.15) is 16.5 Å². The molecule has 4 aromatic rings. The number of hydrogen-bond acceptors (Lipinski definition) is 6. The predicted molar refractivity (Wildman–Crippen MR) is 123 cm³/mol. The van der Waals surface area contributed by atoms with Gasteiger partial charge in [0.2, 0.25) is 5.88 Å². The minimum absolute atomic E-state index is 0.0528. The van der Waals surface area contributed by atoms with Crippen molar-refractivity contribution in [3.05, 3.63) is 80.9 Å². The first-order chi connectivity index (χ1) is 14.9. The molecule has 0 radical (unpaired) electrons. The molecule has 31 heavy (non-hydrogen) atoms. The summed E-state index contributed by atoms with van der Waals surface area (Å²) in [5.74, 6) is 0.915. The van der Waals surface area contributed by atoms with Crippen LogP contribution in [-0.2, 0) is 0 Å². The second-order valence-electron chi connectivity index (χ2n) is 7.41. The molecule has 0 aliphatic heterocycles. The van der Waals surface area contributed by atoms with E-state index in [-0.39, 0.29) is 11.5 Å². The molecule has 0 fully saturated rings. The van der Waals surface area contributed by atoms with E-state index < -0.39 is 0 Å². The lowest BCUT2D eigenvalue weighted by Gasteiger charge is -2.19. The number of rotatable bonds is 5. The third-order valence-electron chi connectivity index (χ3n) is 5.17. The lowest BCUT2D eigenvalue weighted by Crippen LogP contribution is -2.13. The van der Waals surface area contributed by atoms with Crippen molar-refractivity contribution in [1.29, 1.82) is 0 Å². The van der Waals surface area contributed by atoms with Crippen LogP contribution in [-0.4, -0.2) is 17.1 Å². The predicted octanol–water partition coefficient (Wildman–Crippen LogP) is 5.70. The molecule has 1 aromatic carbocycles. The fourth-order valence-electron chi connectivity index (χ4n) is 3.66. The number of nitrogens with one attached hydrogen (secondary N) is 1. The zero-order chi connectivity index (χ0) is 22.1. The zero-order valence-corrected chi connectivity index (χ0v) is 18.4. The van der Waals surface area contributed by atoms with E-state index in [9.17, 15) is 4.79 Å². The van der Waals surface area contributed by atoms with Gasteiger partial charge in [0.15, 0.2) is 5.43 Å². The minimum Gasteiger partial charge on any atom is -0.479 e. The highest BCUT2D eigenvalue weighted by Gasteiger charge is 2.20. The Hall–Kier alpha value is -3.38. The van der Waals surface area contributed by atoms with Crippen LogP contribution in [0.1, 0.15) is 29.7 Å². The Balaban J connectivity index is 1.88. The van der Waals surface area contributed by atoms with E-state index in [1.807, 2.05) is 44.2 Å². The molecule has 1 N–H and O–H groups in total. The summed E-state index contributed by atoms with van der Waals surface area (Å²) in [6.45, 7) is 5.73. The number of anilines is 1. The maximum Gasteiger partial charge on any atom is 0.238 e. The zero-order valence-electron chi connectivity index (χ0n) is 17.7. The SMILES string of the molecule is COc1nc(Cl)ccc1N[C@H](C)c1cc(C)cc2c(=O)c(C)c(-c3cccnc3)oc12. The number of nitrogens with zero attached hydrogens (tertiary/aromatic N) is 2. The summed E-state index contributed by atoms with van der Waals surface area (Å²) in [5, 5.41) is 4.29. The largest absolute Gasteiger partial charge is 0.479 e. The molecule has 0 aliphatic rings. The molecule has 7 heteroatoms. The summed E-state index contributed by atoms with van der Waals surface area (Å²) in [4.78, 5) is 21.6. The molecule has 1 atom stereocenters. The first kappa shape index (κ1) is 20.9. The minimum atomic E-state index is -0.202. The number of benzene rings is 1. The number of halogens is 1. The van der Waals surface area contributed by atoms with E-state index in [0.717, 1.165) is 16.7 Å². The van der Waals surface area contributed by atoms with Crippen molar-refractivity contribution in [2.45, 2.75) is 26.8 Å². The molecule has 158 valence electrons. The van der Waals surface area contributed by atoms with Crippen LogP contribution in [0.5, 0.6) is 5.88 Å². The number of methoxy groups -OCH3 is 1. The molecule has 3 aromatic heterocycles. The van der Waals surface area contributed by atoms with Crippen molar-refractivity contribution >= 4 is 28.3 Å². The van der Waals surface area contributed by atoms with Crippen LogP contribution in [0.4, 0.5) is 5.69 Å². The van der Waals surface area contributed by atoms with Crippen molar-refractivity contribution in [2.75, 3.05) is 12.4 Å². The van der Waals surface area contributed by atoms with Gasteiger partial charge < -0.3 is 14.5 Å². The maximum absolute atomic E-state index is 13.2. The van der Waals surface area contributed by atoms with Crippen LogP contribution >= 0.6 is 11.6 Å². The lowest BCUT2D eigenvalue weighted by atomic mass is 9.99. The molecule has 0 saturated heterocycles. The van der Waals surface area contributed by atoms with Crippen LogP contribution in [0, 0.1) is 13.8 Å². The van der Waals surface area contributed by atoms with Crippen LogP contribution in [0.25, 0.3) is 22.3 Å². The standard InChI is InChI=1S/C24H22ClN3O3/c1-13-10-17(15(3)27-19-7-8-20(25)28-24(19)30-4)23-18(11-13)21(29)14(2)22(31-23)16-6-5-9-26-12-16/h5-12,15,27H,1-4H3/t15-/m1/s1. The van der Waals surface area contributed by atoms with Gasteiger partial charge in [-0.15, -0.1) is 0 Å². The number of aromatic nitrogens is 2. The molecule has 0 bridgehead atoms. The molecule has 0 saturated carbocycles. The van der Waals surface area contributed by atoms with Gasteiger partial charge in [0, 0.05) is 29.1 Å². The molecular formula is C24H22ClN3O3. The highest BCUT2D eigenvalue weighted by molar-refractivity contribution is 6.29. The van der Waals surface area contributed by atoms with E-state index in [1.165, 1.54) is 0 Å². The van der Waals surface area contributed by atoms with Crippen molar-refractivity contribution < 1.29 is 9.15 Å². The first-order valence-electron chi connectivity index (χ1n) is 9.84. The Morgan fingerprint density at radius 1 is 1.19 bits per heavy atom. The number of pyridine rings is 2. The molecule has 4 rings (SSSR count). The summed E-state index contributed by atoms with van der Waals surface area (Å²) < 4.78 is 11.7. The highest BCUT2D eigenvalue weighted by atomic mass is 35.5. The Morgan fingerprint density at radius 2 is 2.00 bits per heavy atom. The Kier molecular flexibility index (Phi) is 5.65. The normalized spacial score (nSPS) is 12.0. The summed E-state index contributed by atoms with van der Waals surface area (Å²) in [6, 6.07) is 10.9. The summed E-state index contributed by atoms with van der Waals surface area (Å²) in [6.07, 6.45) is 3.38. The third-order valence-corrected chi connectivity index (χ3v) is 5.38. The summed E-state index contributed by atoms with van der Waals surface area (Å²) in [7, 11) is 1.54. The number of hydrogen-bond donors (Lipinski definition) is 1. The van der Waals surface area contributed by atoms with E-state index in [2.05, 4.69) is 15.3 Å². The average Bonchev–Trinajstić information content (AvgIpc) is 2.77. The molecule has 3 heterocycles. The van der Waals surface area contributed by atoms with Gasteiger partial charge in [-0.25, -0.2) is 0 Å². The molecule has 6 nitrogen and oxygen atoms in total. The summed E-state index contributed by atoms with van der Waals surface area (Å²) >= 11 is 5.98. The van der Waals surface area contributed by atoms with Gasteiger partial charge in [-0.05, 0) is 56.7 Å². The van der Waals surface area contributed by atoms with E-state index >= 15 is 0 Å². The molecular weight excluding hydrogens is 414 g/mol. The van der Waals surface area contributed by atoms with Gasteiger partial charge in [0.25, 0.3) is 0 Å². The Labute approximate surface area is 184 Å². The Bertz CT molecular complexity index is 1320. The van der Waals surface area contributed by atoms with Gasteiger partial charge in [0.05, 0.1) is 24.2 Å². The van der Waals surface area contributed by atoms with E-state index in [4.69, 9.17) is 20.8 Å². The second kappa shape index (κ2) is 8.40. The van der Waals surface area contributed by atoms with Crippen molar-refractivity contribution in [1.82, 2.24) is 9.97 Å². The smallest absolute Gasteiger partial charge is 0.238 e. The second-order valence-corrected chi connectivity index (χ2v) is 7.80. The number of ether oxygens (including phenoxy) is 1.